The Balaban J connectivity index is 2.45. The number of carbonyl (C=O) groups is 3. The van der Waals surface area contributed by atoms with Crippen molar-refractivity contribution in [3.63, 3.8) is 0 Å². The molecule has 0 aliphatic rings. The lowest BCUT2D eigenvalue weighted by molar-refractivity contribution is 0.0527. The zero-order valence-corrected chi connectivity index (χ0v) is 16.3. The number of amides is 1. The van der Waals surface area contributed by atoms with Crippen molar-refractivity contribution in [2.24, 2.45) is 7.05 Å². The van der Waals surface area contributed by atoms with Gasteiger partial charge in [0.15, 0.2) is 0 Å². The lowest BCUT2D eigenvalue weighted by atomic mass is 10.1. The molecule has 0 unspecified atom stereocenters. The minimum Gasteiger partial charge on any atom is -0.462 e. The number of thiophene rings is 1. The van der Waals surface area contributed by atoms with Crippen LogP contribution in [0.1, 0.15) is 49.9 Å². The molecule has 26 heavy (non-hydrogen) atoms. The topological polar surface area (TPSA) is 99.5 Å². The number of hydrogen-bond donors (Lipinski definition) is 1. The Morgan fingerprint density at radius 1 is 1.23 bits per heavy atom. The molecule has 2 heterocycles. The van der Waals surface area contributed by atoms with Crippen LogP contribution >= 0.6 is 22.9 Å². The van der Waals surface area contributed by atoms with Gasteiger partial charge in [-0.3, -0.25) is 9.48 Å². The largest absolute Gasteiger partial charge is 0.462 e. The quantitative estimate of drug-likeness (QED) is 0.749. The first-order valence-corrected chi connectivity index (χ1v) is 8.97. The highest BCUT2D eigenvalue weighted by atomic mass is 35.5. The molecule has 0 atom stereocenters. The van der Waals surface area contributed by atoms with Gasteiger partial charge in [-0.05, 0) is 26.3 Å². The SMILES string of the molecule is CCOC(=O)c1sc(NC(=O)c2c(Cl)cnn2C)c(C(=O)OCC)c1C. The van der Waals surface area contributed by atoms with Gasteiger partial charge in [-0.15, -0.1) is 11.3 Å². The fraction of sp³-hybridized carbons (Fsp3) is 0.375. The van der Waals surface area contributed by atoms with Crippen molar-refractivity contribution >= 4 is 45.8 Å². The monoisotopic (exact) mass is 399 g/mol. The van der Waals surface area contributed by atoms with Gasteiger partial charge in [0.05, 0.1) is 30.0 Å². The lowest BCUT2D eigenvalue weighted by Crippen LogP contribution is -2.18. The predicted molar refractivity (Wildman–Crippen MR) is 97.1 cm³/mol. The number of aryl methyl sites for hydroxylation is 1. The average molecular weight is 400 g/mol. The van der Waals surface area contributed by atoms with Crippen LogP contribution in [0.3, 0.4) is 0 Å². The highest BCUT2D eigenvalue weighted by Crippen LogP contribution is 2.35. The maximum absolute atomic E-state index is 12.5. The molecule has 2 aromatic heterocycles. The number of nitrogens with one attached hydrogen (secondary N) is 1. The normalized spacial score (nSPS) is 10.5. The van der Waals surface area contributed by atoms with Crippen molar-refractivity contribution in [2.45, 2.75) is 20.8 Å². The number of esters is 2. The highest BCUT2D eigenvalue weighted by molar-refractivity contribution is 7.18. The third-order valence-corrected chi connectivity index (χ3v) is 4.89. The second-order valence-electron chi connectivity index (χ2n) is 5.12. The number of ether oxygens (including phenoxy) is 2. The third-order valence-electron chi connectivity index (χ3n) is 3.42. The van der Waals surface area contributed by atoms with Crippen LogP contribution in [0.4, 0.5) is 5.00 Å². The van der Waals surface area contributed by atoms with E-state index in [1.54, 1.807) is 27.8 Å². The molecule has 8 nitrogen and oxygen atoms in total. The molecule has 0 fully saturated rings. The molecule has 140 valence electrons. The van der Waals surface area contributed by atoms with Gasteiger partial charge >= 0.3 is 11.9 Å². The summed E-state index contributed by atoms with van der Waals surface area (Å²) in [5.41, 5.74) is 0.634. The molecule has 0 saturated carbocycles. The van der Waals surface area contributed by atoms with Crippen molar-refractivity contribution in [3.8, 4) is 0 Å². The number of aromatic nitrogens is 2. The van der Waals surface area contributed by atoms with Crippen LogP contribution in [0.25, 0.3) is 0 Å². The Morgan fingerprint density at radius 3 is 2.38 bits per heavy atom. The Bertz CT molecular complexity index is 839. The maximum atomic E-state index is 12.5. The van der Waals surface area contributed by atoms with Crippen LogP contribution in [0.15, 0.2) is 6.20 Å². The van der Waals surface area contributed by atoms with Gasteiger partial charge in [0.1, 0.15) is 15.6 Å². The van der Waals surface area contributed by atoms with E-state index in [-0.39, 0.29) is 39.4 Å². The van der Waals surface area contributed by atoms with Gasteiger partial charge in [0, 0.05) is 7.05 Å². The molecule has 0 aliphatic carbocycles. The van der Waals surface area contributed by atoms with Crippen molar-refractivity contribution in [1.82, 2.24) is 9.78 Å². The van der Waals surface area contributed by atoms with Gasteiger partial charge in [0.25, 0.3) is 5.91 Å². The number of hydrogen-bond acceptors (Lipinski definition) is 7. The maximum Gasteiger partial charge on any atom is 0.348 e. The van der Waals surface area contributed by atoms with Crippen LogP contribution in [0.2, 0.25) is 5.02 Å². The average Bonchev–Trinajstić information content (AvgIpc) is 3.07. The number of anilines is 1. The number of carbonyl (C=O) groups excluding carboxylic acids is 3. The van der Waals surface area contributed by atoms with E-state index in [9.17, 15) is 14.4 Å². The summed E-state index contributed by atoms with van der Waals surface area (Å²) in [6.45, 7) is 5.29. The molecule has 0 saturated heterocycles. The van der Waals surface area contributed by atoms with Crippen LogP contribution in [0, 0.1) is 6.92 Å². The Hall–Kier alpha value is -2.39. The minimum atomic E-state index is -0.636. The fourth-order valence-electron chi connectivity index (χ4n) is 2.27. The van der Waals surface area contributed by atoms with Gasteiger partial charge < -0.3 is 14.8 Å². The summed E-state index contributed by atoms with van der Waals surface area (Å²) < 4.78 is 11.4. The fourth-order valence-corrected chi connectivity index (χ4v) is 3.61. The zero-order valence-electron chi connectivity index (χ0n) is 14.7. The molecule has 0 aromatic carbocycles. The molecule has 1 amide bonds. The summed E-state index contributed by atoms with van der Waals surface area (Å²) in [6.07, 6.45) is 1.34. The van der Waals surface area contributed by atoms with Crippen LogP contribution in [-0.4, -0.2) is 40.8 Å². The second-order valence-corrected chi connectivity index (χ2v) is 6.55. The van der Waals surface area contributed by atoms with Crippen molar-refractivity contribution in [1.29, 1.82) is 0 Å². The molecule has 0 spiro atoms. The van der Waals surface area contributed by atoms with Gasteiger partial charge in [-0.25, -0.2) is 9.59 Å². The number of nitrogens with zero attached hydrogens (tertiary/aromatic N) is 2. The summed E-state index contributed by atoms with van der Waals surface area (Å²) in [4.78, 5) is 37.2. The number of halogens is 1. The molecule has 10 heteroatoms. The van der Waals surface area contributed by atoms with Crippen LogP contribution in [-0.2, 0) is 16.5 Å². The number of rotatable bonds is 6. The molecular weight excluding hydrogens is 382 g/mol. The summed E-state index contributed by atoms with van der Waals surface area (Å²) in [7, 11) is 1.57. The van der Waals surface area contributed by atoms with E-state index in [0.717, 1.165) is 11.3 Å². The summed E-state index contributed by atoms with van der Waals surface area (Å²) in [5, 5.41) is 6.88. The third kappa shape index (κ3) is 3.88. The first kappa shape index (κ1) is 19.9. The molecule has 2 aromatic rings. The summed E-state index contributed by atoms with van der Waals surface area (Å²) in [6, 6.07) is 0. The Kier molecular flexibility index (Phi) is 6.38. The van der Waals surface area contributed by atoms with E-state index < -0.39 is 17.8 Å². The molecular formula is C16H18ClN3O5S. The van der Waals surface area contributed by atoms with Crippen LogP contribution in [0.5, 0.6) is 0 Å². The molecule has 0 radical (unpaired) electrons. The Labute approximate surface area is 159 Å². The first-order valence-electron chi connectivity index (χ1n) is 7.78. The van der Waals surface area contributed by atoms with Crippen molar-refractivity contribution in [2.75, 3.05) is 18.5 Å². The molecule has 1 N–H and O–H groups in total. The first-order chi connectivity index (χ1) is 12.3. The van der Waals surface area contributed by atoms with E-state index in [1.165, 1.54) is 10.9 Å². The Morgan fingerprint density at radius 2 is 1.85 bits per heavy atom. The standard InChI is InChI=1S/C16H18ClN3O5S/c1-5-24-15(22)10-8(3)12(16(23)25-6-2)26-14(10)19-13(21)11-9(17)7-18-20(11)4/h7H,5-6H2,1-4H3,(H,19,21). The van der Waals surface area contributed by atoms with E-state index in [2.05, 4.69) is 10.4 Å². The van der Waals surface area contributed by atoms with E-state index >= 15 is 0 Å². The summed E-state index contributed by atoms with van der Waals surface area (Å²) in [5.74, 6) is -1.76. The molecule has 0 aliphatic heterocycles. The van der Waals surface area contributed by atoms with E-state index in [0.29, 0.717) is 5.56 Å². The van der Waals surface area contributed by atoms with Crippen molar-refractivity contribution < 1.29 is 23.9 Å². The highest BCUT2D eigenvalue weighted by Gasteiger charge is 2.28. The van der Waals surface area contributed by atoms with E-state index in [4.69, 9.17) is 21.1 Å². The zero-order chi connectivity index (χ0) is 19.4. The smallest absolute Gasteiger partial charge is 0.348 e. The minimum absolute atomic E-state index is 0.117. The predicted octanol–water partition coefficient (Wildman–Crippen LogP) is 3.05. The molecule has 2 rings (SSSR count). The van der Waals surface area contributed by atoms with E-state index in [1.807, 2.05) is 0 Å². The van der Waals surface area contributed by atoms with Gasteiger partial charge in [-0.2, -0.15) is 5.10 Å². The molecule has 0 bridgehead atoms. The van der Waals surface area contributed by atoms with Crippen molar-refractivity contribution in [3.05, 3.63) is 32.9 Å². The second kappa shape index (κ2) is 8.33. The summed E-state index contributed by atoms with van der Waals surface area (Å²) >= 11 is 6.93. The van der Waals surface area contributed by atoms with Crippen LogP contribution < -0.4 is 5.32 Å². The van der Waals surface area contributed by atoms with Gasteiger partial charge in [-0.1, -0.05) is 11.6 Å². The lowest BCUT2D eigenvalue weighted by Gasteiger charge is -2.07. The van der Waals surface area contributed by atoms with Gasteiger partial charge in [0.2, 0.25) is 0 Å².